The largest absolute Gasteiger partial charge is 0.481 e. The summed E-state index contributed by atoms with van der Waals surface area (Å²) in [6.07, 6.45) is 0.825. The molecule has 6 heteroatoms. The first-order valence-electron chi connectivity index (χ1n) is 5.34. The average Bonchev–Trinajstić information content (AvgIpc) is 2.73. The molecule has 1 heterocycles. The molecule has 0 saturated heterocycles. The first-order valence-corrected chi connectivity index (χ1v) is 6.16. The maximum atomic E-state index is 11.7. The van der Waals surface area contributed by atoms with Crippen LogP contribution < -0.4 is 5.73 Å². The van der Waals surface area contributed by atoms with Crippen LogP contribution in [0.2, 0.25) is 0 Å². The number of rotatable bonds is 3. The van der Waals surface area contributed by atoms with Crippen molar-refractivity contribution in [3.63, 3.8) is 0 Å². The Hall–Kier alpha value is -1.56. The van der Waals surface area contributed by atoms with Crippen LogP contribution in [0.15, 0.2) is 0 Å². The first kappa shape index (κ1) is 11.9. The summed E-state index contributed by atoms with van der Waals surface area (Å²) in [5.74, 6) is -1.72. The molecule has 5 nitrogen and oxygen atoms in total. The second kappa shape index (κ2) is 4.37. The molecule has 0 spiro atoms. The number of nitrogens with two attached hydrogens (primary N) is 1. The quantitative estimate of drug-likeness (QED) is 0.795. The Morgan fingerprint density at radius 1 is 1.53 bits per heavy atom. The summed E-state index contributed by atoms with van der Waals surface area (Å²) in [4.78, 5) is 23.5. The normalized spacial score (nSPS) is 17.8. The van der Waals surface area contributed by atoms with Crippen LogP contribution in [0, 0.1) is 5.92 Å². The van der Waals surface area contributed by atoms with Gasteiger partial charge in [-0.3, -0.25) is 4.79 Å². The van der Waals surface area contributed by atoms with Crippen molar-refractivity contribution in [3.05, 3.63) is 16.0 Å². The number of esters is 1. The number of hydrogen-bond acceptors (Lipinski definition) is 5. The van der Waals surface area contributed by atoms with Gasteiger partial charge < -0.3 is 15.6 Å². The number of carboxylic acid groups (broad SMARTS) is 1. The number of hydrogen-bond donors (Lipinski definition) is 2. The third-order valence-electron chi connectivity index (χ3n) is 2.83. The van der Waals surface area contributed by atoms with Gasteiger partial charge in [0.25, 0.3) is 0 Å². The minimum Gasteiger partial charge on any atom is -0.481 e. The van der Waals surface area contributed by atoms with Gasteiger partial charge in [0.2, 0.25) is 0 Å². The van der Waals surface area contributed by atoms with E-state index in [0.29, 0.717) is 23.4 Å². The summed E-state index contributed by atoms with van der Waals surface area (Å²) in [6, 6.07) is 0. The number of ether oxygens (including phenoxy) is 1. The van der Waals surface area contributed by atoms with E-state index in [4.69, 9.17) is 15.6 Å². The first-order chi connectivity index (χ1) is 8.04. The van der Waals surface area contributed by atoms with Gasteiger partial charge in [0.05, 0.1) is 18.1 Å². The SMILES string of the molecule is CCOC(=O)c1c(N)sc2c1C[C@H](C(=O)O)C2. The van der Waals surface area contributed by atoms with Gasteiger partial charge in [0.1, 0.15) is 5.00 Å². The predicted octanol–water partition coefficient (Wildman–Crippen LogP) is 1.31. The molecular formula is C11H13NO4S. The zero-order valence-electron chi connectivity index (χ0n) is 9.36. The summed E-state index contributed by atoms with van der Waals surface area (Å²) in [7, 11) is 0. The molecule has 0 radical (unpaired) electrons. The summed E-state index contributed by atoms with van der Waals surface area (Å²) in [5.41, 5.74) is 6.91. The maximum absolute atomic E-state index is 11.7. The van der Waals surface area contributed by atoms with Gasteiger partial charge >= 0.3 is 11.9 Å². The molecule has 0 bridgehead atoms. The second-order valence-corrected chi connectivity index (χ2v) is 5.04. The molecule has 1 aliphatic carbocycles. The Morgan fingerprint density at radius 3 is 2.82 bits per heavy atom. The Morgan fingerprint density at radius 2 is 2.24 bits per heavy atom. The van der Waals surface area contributed by atoms with Crippen LogP contribution in [-0.2, 0) is 22.4 Å². The molecule has 1 atom stereocenters. The zero-order chi connectivity index (χ0) is 12.6. The monoisotopic (exact) mass is 255 g/mol. The number of carbonyl (C=O) groups excluding carboxylic acids is 1. The van der Waals surface area contributed by atoms with Crippen molar-refractivity contribution in [2.24, 2.45) is 5.92 Å². The van der Waals surface area contributed by atoms with Gasteiger partial charge in [0.15, 0.2) is 0 Å². The van der Waals surface area contributed by atoms with Gasteiger partial charge in [-0.25, -0.2) is 4.79 Å². The lowest BCUT2D eigenvalue weighted by Crippen LogP contribution is -2.14. The summed E-state index contributed by atoms with van der Waals surface area (Å²) in [6.45, 7) is 2.01. The number of carbonyl (C=O) groups is 2. The van der Waals surface area contributed by atoms with E-state index in [1.165, 1.54) is 11.3 Å². The zero-order valence-corrected chi connectivity index (χ0v) is 10.2. The van der Waals surface area contributed by atoms with Crippen molar-refractivity contribution < 1.29 is 19.4 Å². The topological polar surface area (TPSA) is 89.6 Å². The number of thiophene rings is 1. The minimum atomic E-state index is -0.832. The second-order valence-electron chi connectivity index (χ2n) is 3.91. The molecule has 0 saturated carbocycles. The Labute approximate surface area is 102 Å². The van der Waals surface area contributed by atoms with Gasteiger partial charge in [-0.15, -0.1) is 11.3 Å². The molecule has 2 rings (SSSR count). The average molecular weight is 255 g/mol. The van der Waals surface area contributed by atoms with Crippen molar-refractivity contribution in [1.82, 2.24) is 0 Å². The lowest BCUT2D eigenvalue weighted by molar-refractivity contribution is -0.141. The highest BCUT2D eigenvalue weighted by atomic mass is 32.1. The molecule has 0 unspecified atom stereocenters. The Kier molecular flexibility index (Phi) is 3.06. The highest BCUT2D eigenvalue weighted by Crippen LogP contribution is 2.39. The molecule has 1 aromatic rings. The van der Waals surface area contributed by atoms with Crippen LogP contribution in [0.25, 0.3) is 0 Å². The van der Waals surface area contributed by atoms with Crippen LogP contribution in [0.1, 0.15) is 27.7 Å². The van der Waals surface area contributed by atoms with Crippen molar-refractivity contribution >= 4 is 28.3 Å². The van der Waals surface area contributed by atoms with E-state index in [0.717, 1.165) is 10.4 Å². The molecule has 3 N–H and O–H groups in total. The lowest BCUT2D eigenvalue weighted by Gasteiger charge is -2.05. The smallest absolute Gasteiger partial charge is 0.341 e. The molecular weight excluding hydrogens is 242 g/mol. The molecule has 17 heavy (non-hydrogen) atoms. The van der Waals surface area contributed by atoms with Crippen LogP contribution >= 0.6 is 11.3 Å². The standard InChI is InChI=1S/C11H13NO4S/c1-2-16-11(15)8-6-3-5(10(13)14)4-7(6)17-9(8)12/h5H,2-4,12H2,1H3,(H,13,14)/t5-/m0/s1. The van der Waals surface area contributed by atoms with Gasteiger partial charge in [-0.1, -0.05) is 0 Å². The van der Waals surface area contributed by atoms with E-state index in [2.05, 4.69) is 0 Å². The molecule has 1 aromatic heterocycles. The van der Waals surface area contributed by atoms with E-state index in [1.807, 2.05) is 0 Å². The number of nitrogen functional groups attached to an aromatic ring is 1. The summed E-state index contributed by atoms with van der Waals surface area (Å²) < 4.78 is 4.93. The molecule has 0 aliphatic heterocycles. The van der Waals surface area contributed by atoms with Crippen molar-refractivity contribution in [3.8, 4) is 0 Å². The number of carboxylic acids is 1. The molecule has 0 amide bonds. The van der Waals surface area contributed by atoms with E-state index in [9.17, 15) is 9.59 Å². The molecule has 92 valence electrons. The van der Waals surface area contributed by atoms with Gasteiger partial charge in [0, 0.05) is 4.88 Å². The summed E-state index contributed by atoms with van der Waals surface area (Å²) in [5, 5.41) is 9.39. The maximum Gasteiger partial charge on any atom is 0.341 e. The Bertz CT molecular complexity index is 480. The van der Waals surface area contributed by atoms with Gasteiger partial charge in [-0.2, -0.15) is 0 Å². The third-order valence-corrected chi connectivity index (χ3v) is 3.91. The summed E-state index contributed by atoms with van der Waals surface area (Å²) >= 11 is 1.29. The predicted molar refractivity (Wildman–Crippen MR) is 63.2 cm³/mol. The van der Waals surface area contributed by atoms with Crippen molar-refractivity contribution in [2.45, 2.75) is 19.8 Å². The van der Waals surface area contributed by atoms with E-state index in [-0.39, 0.29) is 6.61 Å². The van der Waals surface area contributed by atoms with E-state index < -0.39 is 17.9 Å². The molecule has 1 aliphatic rings. The Balaban J connectivity index is 2.32. The number of aliphatic carboxylic acids is 1. The fourth-order valence-electron chi connectivity index (χ4n) is 2.06. The van der Waals surface area contributed by atoms with Gasteiger partial charge in [-0.05, 0) is 25.3 Å². The lowest BCUT2D eigenvalue weighted by atomic mass is 10.1. The van der Waals surface area contributed by atoms with Crippen molar-refractivity contribution in [1.29, 1.82) is 0 Å². The van der Waals surface area contributed by atoms with Crippen LogP contribution in [0.3, 0.4) is 0 Å². The highest BCUT2D eigenvalue weighted by Gasteiger charge is 2.34. The molecule has 0 fully saturated rings. The number of anilines is 1. The molecule has 0 aromatic carbocycles. The van der Waals surface area contributed by atoms with E-state index >= 15 is 0 Å². The highest BCUT2D eigenvalue weighted by molar-refractivity contribution is 7.16. The minimum absolute atomic E-state index is 0.283. The fourth-order valence-corrected chi connectivity index (χ4v) is 3.23. The third kappa shape index (κ3) is 2.00. The van der Waals surface area contributed by atoms with Crippen molar-refractivity contribution in [2.75, 3.05) is 12.3 Å². The van der Waals surface area contributed by atoms with Crippen LogP contribution in [-0.4, -0.2) is 23.7 Å². The van der Waals surface area contributed by atoms with Crippen LogP contribution in [0.4, 0.5) is 5.00 Å². The van der Waals surface area contributed by atoms with E-state index in [1.54, 1.807) is 6.92 Å². The number of fused-ring (bicyclic) bond motifs is 1. The van der Waals surface area contributed by atoms with Crippen LogP contribution in [0.5, 0.6) is 0 Å². The fraction of sp³-hybridized carbons (Fsp3) is 0.455.